The monoisotopic (exact) mass is 287 g/mol. The molecule has 0 heterocycles. The largest absolute Gasteiger partial charge is 0.465 e. The first kappa shape index (κ1) is 16.8. The summed E-state index contributed by atoms with van der Waals surface area (Å²) in [6, 6.07) is 0.171. The third kappa shape index (κ3) is 7.21. The van der Waals surface area contributed by atoms with Crippen molar-refractivity contribution < 1.29 is 9.53 Å². The summed E-state index contributed by atoms with van der Waals surface area (Å²) in [4.78, 5) is 11.9. The number of hydrogen-bond acceptors (Lipinski definition) is 4. The standard InChI is InChI=1S/C15H29NO2S/c1-4-18-15(17)14(16-12(2)3)10-11-19-13-8-6-5-7-9-13/h12-14,16H,4-11H2,1-3H3. The van der Waals surface area contributed by atoms with E-state index >= 15 is 0 Å². The quantitative estimate of drug-likeness (QED) is 0.695. The lowest BCUT2D eigenvalue weighted by atomic mass is 10.0. The molecule has 1 atom stereocenters. The molecule has 0 aromatic heterocycles. The molecule has 0 bridgehead atoms. The Morgan fingerprint density at radius 3 is 2.58 bits per heavy atom. The Bertz CT molecular complexity index is 253. The van der Waals surface area contributed by atoms with Gasteiger partial charge in [0, 0.05) is 11.3 Å². The van der Waals surface area contributed by atoms with Crippen LogP contribution in [0.4, 0.5) is 0 Å². The highest BCUT2D eigenvalue weighted by Crippen LogP contribution is 2.28. The Morgan fingerprint density at radius 2 is 2.00 bits per heavy atom. The van der Waals surface area contributed by atoms with Gasteiger partial charge in [-0.2, -0.15) is 11.8 Å². The predicted octanol–water partition coefficient (Wildman–Crippen LogP) is 3.37. The van der Waals surface area contributed by atoms with Gasteiger partial charge in [0.05, 0.1) is 6.61 Å². The Hall–Kier alpha value is -0.220. The molecule has 1 saturated carbocycles. The van der Waals surface area contributed by atoms with E-state index < -0.39 is 0 Å². The van der Waals surface area contributed by atoms with Crippen LogP contribution in [0.3, 0.4) is 0 Å². The van der Waals surface area contributed by atoms with E-state index in [0.717, 1.165) is 17.4 Å². The van der Waals surface area contributed by atoms with Crippen molar-refractivity contribution in [3.8, 4) is 0 Å². The van der Waals surface area contributed by atoms with E-state index in [1.165, 1.54) is 32.1 Å². The van der Waals surface area contributed by atoms with Crippen molar-refractivity contribution in [2.75, 3.05) is 12.4 Å². The first-order valence-electron chi connectivity index (χ1n) is 7.67. The fourth-order valence-electron chi connectivity index (χ4n) is 2.50. The zero-order valence-electron chi connectivity index (χ0n) is 12.6. The Morgan fingerprint density at radius 1 is 1.32 bits per heavy atom. The molecule has 0 aromatic carbocycles. The first-order valence-corrected chi connectivity index (χ1v) is 8.72. The minimum atomic E-state index is -0.143. The van der Waals surface area contributed by atoms with Crippen LogP contribution in [0.1, 0.15) is 59.3 Å². The number of carbonyl (C=O) groups is 1. The number of ether oxygens (including phenoxy) is 1. The van der Waals surface area contributed by atoms with E-state index in [1.54, 1.807) is 0 Å². The maximum Gasteiger partial charge on any atom is 0.323 e. The van der Waals surface area contributed by atoms with Crippen LogP contribution in [-0.2, 0) is 9.53 Å². The Labute approximate surface area is 122 Å². The minimum absolute atomic E-state index is 0.0968. The lowest BCUT2D eigenvalue weighted by Crippen LogP contribution is -2.42. The molecular weight excluding hydrogens is 258 g/mol. The molecule has 4 heteroatoms. The molecule has 1 aliphatic rings. The highest BCUT2D eigenvalue weighted by Gasteiger charge is 2.21. The predicted molar refractivity (Wildman–Crippen MR) is 82.6 cm³/mol. The molecule has 0 saturated heterocycles. The second-order valence-electron chi connectivity index (χ2n) is 5.55. The van der Waals surface area contributed by atoms with Crippen LogP contribution in [0.5, 0.6) is 0 Å². The van der Waals surface area contributed by atoms with Crippen LogP contribution in [0, 0.1) is 0 Å². The fraction of sp³-hybridized carbons (Fsp3) is 0.933. The summed E-state index contributed by atoms with van der Waals surface area (Å²) in [7, 11) is 0. The lowest BCUT2D eigenvalue weighted by molar-refractivity contribution is -0.145. The number of carbonyl (C=O) groups excluding carboxylic acids is 1. The van der Waals surface area contributed by atoms with E-state index in [9.17, 15) is 4.79 Å². The van der Waals surface area contributed by atoms with E-state index in [1.807, 2.05) is 18.7 Å². The third-order valence-corrected chi connectivity index (χ3v) is 4.83. The van der Waals surface area contributed by atoms with Crippen molar-refractivity contribution in [2.24, 2.45) is 0 Å². The van der Waals surface area contributed by atoms with Crippen LogP contribution in [-0.4, -0.2) is 35.7 Å². The summed E-state index contributed by atoms with van der Waals surface area (Å²) < 4.78 is 5.14. The normalized spacial score (nSPS) is 18.5. The molecule has 0 spiro atoms. The van der Waals surface area contributed by atoms with Crippen molar-refractivity contribution in [1.82, 2.24) is 5.32 Å². The van der Waals surface area contributed by atoms with Gasteiger partial charge in [-0.25, -0.2) is 0 Å². The smallest absolute Gasteiger partial charge is 0.323 e. The summed E-state index contributed by atoms with van der Waals surface area (Å²) in [5, 5.41) is 4.13. The van der Waals surface area contributed by atoms with E-state index in [-0.39, 0.29) is 12.0 Å². The Balaban J connectivity index is 2.28. The van der Waals surface area contributed by atoms with Gasteiger partial charge in [0.1, 0.15) is 6.04 Å². The molecule has 0 amide bonds. The van der Waals surface area contributed by atoms with Gasteiger partial charge in [0.25, 0.3) is 0 Å². The molecule has 112 valence electrons. The van der Waals surface area contributed by atoms with Crippen LogP contribution < -0.4 is 5.32 Å². The average Bonchev–Trinajstić information content (AvgIpc) is 2.38. The Kier molecular flexibility index (Phi) is 8.55. The van der Waals surface area contributed by atoms with Gasteiger partial charge in [-0.15, -0.1) is 0 Å². The maximum atomic E-state index is 11.9. The van der Waals surface area contributed by atoms with Gasteiger partial charge in [-0.1, -0.05) is 33.1 Å². The highest BCUT2D eigenvalue weighted by atomic mass is 32.2. The lowest BCUT2D eigenvalue weighted by Gasteiger charge is -2.23. The van der Waals surface area contributed by atoms with E-state index in [2.05, 4.69) is 19.2 Å². The number of esters is 1. The first-order chi connectivity index (χ1) is 9.13. The van der Waals surface area contributed by atoms with Crippen LogP contribution in [0.2, 0.25) is 0 Å². The molecule has 3 nitrogen and oxygen atoms in total. The summed E-state index contributed by atoms with van der Waals surface area (Å²) in [5.41, 5.74) is 0. The van der Waals surface area contributed by atoms with Crippen molar-refractivity contribution >= 4 is 17.7 Å². The van der Waals surface area contributed by atoms with Crippen molar-refractivity contribution in [2.45, 2.75) is 76.6 Å². The van der Waals surface area contributed by atoms with Gasteiger partial charge >= 0.3 is 5.97 Å². The van der Waals surface area contributed by atoms with Crippen molar-refractivity contribution in [3.63, 3.8) is 0 Å². The molecule has 1 aliphatic carbocycles. The zero-order chi connectivity index (χ0) is 14.1. The molecule has 1 N–H and O–H groups in total. The molecule has 1 unspecified atom stereocenters. The number of rotatable bonds is 8. The topological polar surface area (TPSA) is 38.3 Å². The summed E-state index contributed by atoms with van der Waals surface area (Å²) in [6.45, 7) is 6.47. The highest BCUT2D eigenvalue weighted by molar-refractivity contribution is 7.99. The maximum absolute atomic E-state index is 11.9. The molecule has 19 heavy (non-hydrogen) atoms. The van der Waals surface area contributed by atoms with Crippen molar-refractivity contribution in [1.29, 1.82) is 0 Å². The van der Waals surface area contributed by atoms with Gasteiger partial charge in [0.15, 0.2) is 0 Å². The summed E-state index contributed by atoms with van der Waals surface area (Å²) in [6.07, 6.45) is 7.74. The van der Waals surface area contributed by atoms with Crippen LogP contribution in [0.15, 0.2) is 0 Å². The SMILES string of the molecule is CCOC(=O)C(CCSC1CCCCC1)NC(C)C. The van der Waals surface area contributed by atoms with Gasteiger partial charge in [-0.3, -0.25) is 4.79 Å². The third-order valence-electron chi connectivity index (χ3n) is 3.42. The van der Waals surface area contributed by atoms with Gasteiger partial charge in [-0.05, 0) is 31.9 Å². The van der Waals surface area contributed by atoms with Gasteiger partial charge < -0.3 is 10.1 Å². The summed E-state index contributed by atoms with van der Waals surface area (Å²) >= 11 is 2.04. The average molecular weight is 287 g/mol. The molecule has 1 fully saturated rings. The molecule has 1 rings (SSSR count). The van der Waals surface area contributed by atoms with Crippen LogP contribution >= 0.6 is 11.8 Å². The number of hydrogen-bond donors (Lipinski definition) is 1. The van der Waals surface area contributed by atoms with Crippen molar-refractivity contribution in [3.05, 3.63) is 0 Å². The fourth-order valence-corrected chi connectivity index (χ4v) is 3.87. The van der Waals surface area contributed by atoms with E-state index in [0.29, 0.717) is 12.6 Å². The second-order valence-corrected chi connectivity index (χ2v) is 6.95. The molecule has 0 aromatic rings. The molecule has 0 aliphatic heterocycles. The minimum Gasteiger partial charge on any atom is -0.465 e. The molecule has 0 radical (unpaired) electrons. The number of nitrogens with one attached hydrogen (secondary N) is 1. The summed E-state index contributed by atoms with van der Waals surface area (Å²) in [5.74, 6) is 0.953. The zero-order valence-corrected chi connectivity index (χ0v) is 13.4. The second kappa shape index (κ2) is 9.65. The molecular formula is C15H29NO2S. The van der Waals surface area contributed by atoms with Gasteiger partial charge in [0.2, 0.25) is 0 Å². The van der Waals surface area contributed by atoms with Crippen LogP contribution in [0.25, 0.3) is 0 Å². The number of thioether (sulfide) groups is 1. The van der Waals surface area contributed by atoms with E-state index in [4.69, 9.17) is 4.74 Å².